The van der Waals surface area contributed by atoms with E-state index in [0.717, 1.165) is 70.6 Å². The molecule has 0 aromatic carbocycles. The van der Waals surface area contributed by atoms with Gasteiger partial charge in [-0.2, -0.15) is 0 Å². The van der Waals surface area contributed by atoms with E-state index in [9.17, 15) is 19.4 Å². The number of phosphoric ester groups is 1. The number of amides is 1. The summed E-state index contributed by atoms with van der Waals surface area (Å²) in [5.41, 5.74) is 0. The molecule has 75 heavy (non-hydrogen) atoms. The second-order valence-corrected chi connectivity index (χ2v) is 24.6. The molecule has 0 aliphatic carbocycles. The maximum atomic E-state index is 13.0. The summed E-state index contributed by atoms with van der Waals surface area (Å²) in [5.74, 6) is -0.142. The van der Waals surface area contributed by atoms with Gasteiger partial charge in [0.05, 0.1) is 39.9 Å². The van der Waals surface area contributed by atoms with Gasteiger partial charge in [-0.25, -0.2) is 4.57 Å². The third kappa shape index (κ3) is 59.7. The minimum absolute atomic E-state index is 0.0744. The highest BCUT2D eigenvalue weighted by Gasteiger charge is 2.28. The Labute approximate surface area is 466 Å². The zero-order chi connectivity index (χ0) is 54.9. The minimum Gasteiger partial charge on any atom is -0.391 e. The maximum Gasteiger partial charge on any atom is 0.472 e. The Hall–Kier alpha value is -1.80. The first kappa shape index (κ1) is 73.2. The molecule has 3 unspecified atom stereocenters. The number of nitrogens with zero attached hydrogens (tertiary/aromatic N) is 1. The van der Waals surface area contributed by atoms with Crippen LogP contribution in [0.25, 0.3) is 0 Å². The van der Waals surface area contributed by atoms with Crippen LogP contribution in [0.5, 0.6) is 0 Å². The van der Waals surface area contributed by atoms with E-state index in [0.29, 0.717) is 23.9 Å². The normalized spacial score (nSPS) is 14.2. The van der Waals surface area contributed by atoms with Crippen molar-refractivity contribution in [3.8, 4) is 0 Å². The molecule has 8 nitrogen and oxygen atoms in total. The van der Waals surface area contributed by atoms with Crippen molar-refractivity contribution in [2.45, 2.75) is 315 Å². The van der Waals surface area contributed by atoms with E-state index in [1.165, 1.54) is 205 Å². The Morgan fingerprint density at radius 3 is 1.17 bits per heavy atom. The number of phosphoric acid groups is 1. The lowest BCUT2D eigenvalue weighted by Gasteiger charge is -2.26. The first-order valence-electron chi connectivity index (χ1n) is 32.2. The predicted molar refractivity (Wildman–Crippen MR) is 327 cm³/mol. The van der Waals surface area contributed by atoms with Crippen LogP contribution >= 0.6 is 7.82 Å². The zero-order valence-corrected chi connectivity index (χ0v) is 51.2. The SMILES string of the molecule is CC/C=C\C/C=C\C/C=C\C/C=C\C/C=C\CCCCCCCCCCCCCCCCCC(=O)NC(COP(=O)(O)OCC[N+](C)(C)C)C(O)CCCCCCCCCCCCCCCCCCCCCCCC. The van der Waals surface area contributed by atoms with Gasteiger partial charge in [0, 0.05) is 6.42 Å². The molecule has 0 heterocycles. The zero-order valence-electron chi connectivity index (χ0n) is 50.3. The van der Waals surface area contributed by atoms with Crippen molar-refractivity contribution < 1.29 is 32.9 Å². The highest BCUT2D eigenvalue weighted by molar-refractivity contribution is 7.47. The highest BCUT2D eigenvalue weighted by atomic mass is 31.2. The molecule has 1 amide bonds. The van der Waals surface area contributed by atoms with Crippen molar-refractivity contribution in [3.63, 3.8) is 0 Å². The van der Waals surface area contributed by atoms with Gasteiger partial charge < -0.3 is 19.8 Å². The molecule has 0 aromatic heterocycles. The standard InChI is InChI=1S/C66H125N2O6P/c1-6-8-10-12-14-16-18-20-22-24-26-28-30-31-32-33-34-35-36-37-38-40-42-44-46-48-50-52-54-56-58-60-66(70)67-64(63-74-75(71,72)73-62-61-68(3,4)5)65(69)59-57-55-53-51-49-47-45-43-41-39-29-27-25-23-21-19-17-15-13-11-9-7-2/h8,10,14,16,20,22,26,28,31-32,64-65,69H,6-7,9,11-13,15,17-19,21,23-25,27,29-30,33-63H2,1-5H3,(H-,67,70,71,72)/p+1/b10-8-,16-14-,22-20-,28-26-,32-31-. The Kier molecular flexibility index (Phi) is 55.5. The second-order valence-electron chi connectivity index (χ2n) is 23.1. The average molecular weight is 1070 g/mol. The summed E-state index contributed by atoms with van der Waals surface area (Å²) in [5, 5.41) is 14.1. The number of unbranched alkanes of at least 4 members (excludes halogenated alkanes) is 36. The molecular formula is C66H126N2O6P+. The highest BCUT2D eigenvalue weighted by Crippen LogP contribution is 2.43. The molecule has 0 rings (SSSR count). The topological polar surface area (TPSA) is 105 Å². The molecule has 0 saturated carbocycles. The summed E-state index contributed by atoms with van der Waals surface area (Å²) in [6.07, 6.45) is 77.2. The van der Waals surface area contributed by atoms with Gasteiger partial charge in [-0.1, -0.05) is 299 Å². The van der Waals surface area contributed by atoms with E-state index in [2.05, 4.69) is 79.9 Å². The van der Waals surface area contributed by atoms with Gasteiger partial charge in [0.2, 0.25) is 5.91 Å². The number of carbonyl (C=O) groups excluding carboxylic acids is 1. The van der Waals surface area contributed by atoms with Crippen molar-refractivity contribution in [2.24, 2.45) is 0 Å². The molecule has 440 valence electrons. The molecule has 3 N–H and O–H groups in total. The number of aliphatic hydroxyl groups is 1. The first-order valence-corrected chi connectivity index (χ1v) is 33.6. The fourth-order valence-electron chi connectivity index (χ4n) is 9.55. The number of likely N-dealkylation sites (N-methyl/N-ethyl adjacent to an activating group) is 1. The third-order valence-corrected chi connectivity index (χ3v) is 15.5. The molecule has 0 aliphatic heterocycles. The lowest BCUT2D eigenvalue weighted by atomic mass is 10.0. The van der Waals surface area contributed by atoms with Crippen LogP contribution in [-0.2, 0) is 18.4 Å². The lowest BCUT2D eigenvalue weighted by molar-refractivity contribution is -0.870. The second kappa shape index (κ2) is 56.9. The van der Waals surface area contributed by atoms with Gasteiger partial charge in [-0.3, -0.25) is 13.8 Å². The summed E-state index contributed by atoms with van der Waals surface area (Å²) in [4.78, 5) is 23.4. The van der Waals surface area contributed by atoms with Gasteiger partial charge >= 0.3 is 7.82 Å². The van der Waals surface area contributed by atoms with Gasteiger partial charge in [-0.15, -0.1) is 0 Å². The molecule has 0 bridgehead atoms. The molecule has 0 aromatic rings. The number of aliphatic hydroxyl groups excluding tert-OH is 1. The summed E-state index contributed by atoms with van der Waals surface area (Å²) < 4.78 is 23.9. The van der Waals surface area contributed by atoms with Crippen LogP contribution in [0.1, 0.15) is 303 Å². The largest absolute Gasteiger partial charge is 0.472 e. The van der Waals surface area contributed by atoms with Crippen molar-refractivity contribution in [3.05, 3.63) is 60.8 Å². The predicted octanol–water partition coefficient (Wildman–Crippen LogP) is 20.0. The molecule has 0 spiro atoms. The van der Waals surface area contributed by atoms with Crippen LogP contribution in [0.3, 0.4) is 0 Å². The van der Waals surface area contributed by atoms with E-state index < -0.39 is 20.0 Å². The van der Waals surface area contributed by atoms with Gasteiger partial charge in [0.25, 0.3) is 0 Å². The smallest absolute Gasteiger partial charge is 0.391 e. The first-order chi connectivity index (χ1) is 36.5. The molecule has 0 saturated heterocycles. The van der Waals surface area contributed by atoms with Crippen molar-refractivity contribution in [1.82, 2.24) is 5.32 Å². The number of hydrogen-bond acceptors (Lipinski definition) is 5. The molecule has 0 aliphatic rings. The van der Waals surface area contributed by atoms with E-state index >= 15 is 0 Å². The summed E-state index contributed by atoms with van der Waals surface area (Å²) in [7, 11) is 1.62. The summed E-state index contributed by atoms with van der Waals surface area (Å²) >= 11 is 0. The van der Waals surface area contributed by atoms with Crippen molar-refractivity contribution in [1.29, 1.82) is 0 Å². The molecule has 0 fully saturated rings. The maximum absolute atomic E-state index is 13.0. The van der Waals surface area contributed by atoms with Crippen LogP contribution in [0.2, 0.25) is 0 Å². The molecular weight excluding hydrogens is 948 g/mol. The van der Waals surface area contributed by atoms with Gasteiger partial charge in [0.15, 0.2) is 0 Å². The Balaban J connectivity index is 4.07. The lowest BCUT2D eigenvalue weighted by Crippen LogP contribution is -2.46. The Morgan fingerprint density at radius 1 is 0.467 bits per heavy atom. The minimum atomic E-state index is -4.33. The van der Waals surface area contributed by atoms with Crippen LogP contribution in [-0.4, -0.2) is 73.4 Å². The number of quaternary nitrogens is 1. The van der Waals surface area contributed by atoms with Crippen LogP contribution in [0.15, 0.2) is 60.8 Å². The molecule has 3 atom stereocenters. The van der Waals surface area contributed by atoms with E-state index in [1.54, 1.807) is 0 Å². The Bertz CT molecular complexity index is 1400. The van der Waals surface area contributed by atoms with Gasteiger partial charge in [-0.05, 0) is 57.8 Å². The fraction of sp³-hybridized carbons (Fsp3) is 0.833. The Morgan fingerprint density at radius 2 is 0.800 bits per heavy atom. The molecule has 9 heteroatoms. The number of rotatable bonds is 59. The van der Waals surface area contributed by atoms with Crippen LogP contribution in [0.4, 0.5) is 0 Å². The van der Waals surface area contributed by atoms with Crippen molar-refractivity contribution >= 4 is 13.7 Å². The number of allylic oxidation sites excluding steroid dienone is 10. The van der Waals surface area contributed by atoms with Crippen LogP contribution in [0, 0.1) is 0 Å². The quantitative estimate of drug-likeness (QED) is 0.0243. The fourth-order valence-corrected chi connectivity index (χ4v) is 10.3. The monoisotopic (exact) mass is 1070 g/mol. The molecule has 0 radical (unpaired) electrons. The van der Waals surface area contributed by atoms with Crippen molar-refractivity contribution in [2.75, 3.05) is 40.9 Å². The number of carbonyl (C=O) groups is 1. The third-order valence-electron chi connectivity index (χ3n) is 14.5. The number of nitrogens with one attached hydrogen (secondary N) is 1. The summed E-state index contributed by atoms with van der Waals surface area (Å²) in [6.45, 7) is 4.81. The number of hydrogen-bond donors (Lipinski definition) is 3. The van der Waals surface area contributed by atoms with E-state index in [4.69, 9.17) is 9.05 Å². The average Bonchev–Trinajstić information content (AvgIpc) is 3.37. The summed E-state index contributed by atoms with van der Waals surface area (Å²) in [6, 6.07) is -0.763. The van der Waals surface area contributed by atoms with Crippen LogP contribution < -0.4 is 5.32 Å². The van der Waals surface area contributed by atoms with E-state index in [-0.39, 0.29) is 19.1 Å². The van der Waals surface area contributed by atoms with Gasteiger partial charge in [0.1, 0.15) is 13.2 Å². The van der Waals surface area contributed by atoms with E-state index in [1.807, 2.05) is 21.1 Å².